The molecule has 1 amide bonds. The van der Waals surface area contributed by atoms with Gasteiger partial charge in [-0.25, -0.2) is 0 Å². The fourth-order valence-corrected chi connectivity index (χ4v) is 3.80. The molecule has 0 aromatic heterocycles. The van der Waals surface area contributed by atoms with Gasteiger partial charge in [0.05, 0.1) is 19.8 Å². The second-order valence-corrected chi connectivity index (χ2v) is 7.43. The van der Waals surface area contributed by atoms with Gasteiger partial charge >= 0.3 is 6.18 Å². The van der Waals surface area contributed by atoms with Crippen LogP contribution in [0.5, 0.6) is 11.5 Å². The molecule has 1 saturated heterocycles. The highest BCUT2D eigenvalue weighted by Crippen LogP contribution is 2.34. The van der Waals surface area contributed by atoms with Crippen molar-refractivity contribution >= 4 is 5.91 Å². The number of carbonyl (C=O) groups is 1. The largest absolute Gasteiger partial charge is 0.493 e. The first-order valence-electron chi connectivity index (χ1n) is 9.61. The lowest BCUT2D eigenvalue weighted by Gasteiger charge is -2.37. The van der Waals surface area contributed by atoms with Gasteiger partial charge in [-0.15, -0.1) is 0 Å². The molecule has 2 atom stereocenters. The summed E-state index contributed by atoms with van der Waals surface area (Å²) >= 11 is 0. The van der Waals surface area contributed by atoms with E-state index in [1.165, 1.54) is 12.1 Å². The van der Waals surface area contributed by atoms with Crippen molar-refractivity contribution in [2.75, 3.05) is 34.4 Å². The van der Waals surface area contributed by atoms with Crippen LogP contribution in [0.4, 0.5) is 13.2 Å². The van der Waals surface area contributed by atoms with Crippen LogP contribution < -0.4 is 14.8 Å². The highest BCUT2D eigenvalue weighted by molar-refractivity contribution is 5.94. The maximum absolute atomic E-state index is 13.0. The number of likely N-dealkylation sites (N-methyl/N-ethyl adjacent to an activating group) is 1. The van der Waals surface area contributed by atoms with E-state index in [1.54, 1.807) is 14.2 Å². The monoisotopic (exact) mass is 422 g/mol. The number of likely N-dealkylation sites (tertiary alicyclic amines) is 1. The zero-order chi connectivity index (χ0) is 21.9. The van der Waals surface area contributed by atoms with Crippen LogP contribution in [0.3, 0.4) is 0 Å². The van der Waals surface area contributed by atoms with Gasteiger partial charge in [0, 0.05) is 24.1 Å². The maximum atomic E-state index is 13.0. The smallest absolute Gasteiger partial charge is 0.416 e. The molecule has 0 aliphatic carbocycles. The SMILES string of the molecule is COc1ccc([C@H]2CN(C)CC[C@H]2NC(=O)c2cccc(C(F)(F)F)c2)cc1OC. The molecule has 1 aliphatic rings. The topological polar surface area (TPSA) is 50.8 Å². The Labute approximate surface area is 173 Å². The number of halogens is 3. The molecule has 8 heteroatoms. The van der Waals surface area contributed by atoms with Crippen LogP contribution in [-0.2, 0) is 6.18 Å². The second-order valence-electron chi connectivity index (χ2n) is 7.43. The first kappa shape index (κ1) is 22.0. The Morgan fingerprint density at radius 3 is 2.50 bits per heavy atom. The minimum absolute atomic E-state index is 0.00480. The number of rotatable bonds is 5. The first-order valence-corrected chi connectivity index (χ1v) is 9.61. The number of nitrogens with one attached hydrogen (secondary N) is 1. The Morgan fingerprint density at radius 1 is 1.10 bits per heavy atom. The average molecular weight is 422 g/mol. The molecule has 1 aliphatic heterocycles. The van der Waals surface area contributed by atoms with Gasteiger partial charge in [-0.2, -0.15) is 13.2 Å². The third-order valence-electron chi connectivity index (χ3n) is 5.42. The van der Waals surface area contributed by atoms with Crippen LogP contribution in [0, 0.1) is 0 Å². The summed E-state index contributed by atoms with van der Waals surface area (Å²) in [5.41, 5.74) is 0.123. The second kappa shape index (κ2) is 8.95. The Morgan fingerprint density at radius 2 is 1.83 bits per heavy atom. The summed E-state index contributed by atoms with van der Waals surface area (Å²) in [5, 5.41) is 2.94. The zero-order valence-electron chi connectivity index (χ0n) is 17.1. The normalized spacial score (nSPS) is 19.9. The quantitative estimate of drug-likeness (QED) is 0.793. The van der Waals surface area contributed by atoms with Crippen molar-refractivity contribution in [1.82, 2.24) is 10.2 Å². The molecule has 3 rings (SSSR count). The van der Waals surface area contributed by atoms with Gasteiger partial charge in [0.1, 0.15) is 0 Å². The number of piperidine rings is 1. The molecule has 1 fully saturated rings. The third-order valence-corrected chi connectivity index (χ3v) is 5.42. The molecule has 2 aromatic rings. The summed E-state index contributed by atoms with van der Waals surface area (Å²) in [6, 6.07) is 9.88. The van der Waals surface area contributed by atoms with Gasteiger partial charge in [0.2, 0.25) is 0 Å². The lowest BCUT2D eigenvalue weighted by Crippen LogP contribution is -2.48. The van der Waals surface area contributed by atoms with Gasteiger partial charge < -0.3 is 19.7 Å². The molecule has 1 N–H and O–H groups in total. The van der Waals surface area contributed by atoms with Gasteiger partial charge in [-0.3, -0.25) is 4.79 Å². The third kappa shape index (κ3) is 4.87. The van der Waals surface area contributed by atoms with Crippen molar-refractivity contribution in [3.8, 4) is 11.5 Å². The fraction of sp³-hybridized carbons (Fsp3) is 0.409. The van der Waals surface area contributed by atoms with Crippen LogP contribution in [0.25, 0.3) is 0 Å². The van der Waals surface area contributed by atoms with Crippen molar-refractivity contribution in [2.45, 2.75) is 24.6 Å². The number of alkyl halides is 3. The van der Waals surface area contributed by atoms with E-state index in [4.69, 9.17) is 9.47 Å². The van der Waals surface area contributed by atoms with E-state index >= 15 is 0 Å². The summed E-state index contributed by atoms with van der Waals surface area (Å²) in [4.78, 5) is 14.9. The number of methoxy groups -OCH3 is 2. The zero-order valence-corrected chi connectivity index (χ0v) is 17.1. The summed E-state index contributed by atoms with van der Waals surface area (Å²) in [6.07, 6.45) is -3.81. The molecule has 0 saturated carbocycles. The predicted molar refractivity (Wildman–Crippen MR) is 107 cm³/mol. The Balaban J connectivity index is 1.84. The molecule has 0 spiro atoms. The van der Waals surface area contributed by atoms with E-state index in [9.17, 15) is 18.0 Å². The van der Waals surface area contributed by atoms with Gasteiger partial charge in [0.25, 0.3) is 5.91 Å². The molecule has 162 valence electrons. The lowest BCUT2D eigenvalue weighted by atomic mass is 9.85. The molecule has 30 heavy (non-hydrogen) atoms. The predicted octanol–water partition coefficient (Wildman–Crippen LogP) is 3.94. The van der Waals surface area contributed by atoms with Crippen LogP contribution in [0.2, 0.25) is 0 Å². The minimum Gasteiger partial charge on any atom is -0.493 e. The van der Waals surface area contributed by atoms with E-state index < -0.39 is 17.6 Å². The van der Waals surface area contributed by atoms with Crippen LogP contribution in [0.1, 0.15) is 33.8 Å². The molecule has 5 nitrogen and oxygen atoms in total. The number of carbonyl (C=O) groups excluding carboxylic acids is 1. The summed E-state index contributed by atoms with van der Waals surface area (Å²) in [5.74, 6) is 0.639. The number of hydrogen-bond acceptors (Lipinski definition) is 4. The Bertz CT molecular complexity index is 901. The van der Waals surface area contributed by atoms with Crippen molar-refractivity contribution in [1.29, 1.82) is 0 Å². The lowest BCUT2D eigenvalue weighted by molar-refractivity contribution is -0.137. The number of nitrogens with zero attached hydrogens (tertiary/aromatic N) is 1. The molecular weight excluding hydrogens is 397 g/mol. The molecule has 1 heterocycles. The van der Waals surface area contributed by atoms with E-state index in [0.717, 1.165) is 24.2 Å². The summed E-state index contributed by atoms with van der Waals surface area (Å²) in [7, 11) is 5.12. The van der Waals surface area contributed by atoms with Gasteiger partial charge in [-0.05, 0) is 55.9 Å². The van der Waals surface area contributed by atoms with E-state index in [2.05, 4.69) is 10.2 Å². The van der Waals surface area contributed by atoms with Crippen molar-refractivity contribution < 1.29 is 27.4 Å². The fourth-order valence-electron chi connectivity index (χ4n) is 3.80. The number of benzene rings is 2. The van der Waals surface area contributed by atoms with Crippen molar-refractivity contribution in [2.24, 2.45) is 0 Å². The number of hydrogen-bond donors (Lipinski definition) is 1. The van der Waals surface area contributed by atoms with Crippen LogP contribution in [0.15, 0.2) is 42.5 Å². The van der Waals surface area contributed by atoms with Crippen molar-refractivity contribution in [3.05, 3.63) is 59.2 Å². The highest BCUT2D eigenvalue weighted by atomic mass is 19.4. The Kier molecular flexibility index (Phi) is 6.55. The highest BCUT2D eigenvalue weighted by Gasteiger charge is 2.33. The molecule has 0 unspecified atom stereocenters. The van der Waals surface area contributed by atoms with E-state index in [0.29, 0.717) is 24.5 Å². The van der Waals surface area contributed by atoms with Gasteiger partial charge in [-0.1, -0.05) is 12.1 Å². The molecule has 2 aromatic carbocycles. The number of ether oxygens (including phenoxy) is 2. The minimum atomic E-state index is -4.49. The number of amides is 1. The molecule has 0 radical (unpaired) electrons. The van der Waals surface area contributed by atoms with Crippen LogP contribution >= 0.6 is 0 Å². The van der Waals surface area contributed by atoms with Gasteiger partial charge in [0.15, 0.2) is 11.5 Å². The Hall–Kier alpha value is -2.74. The standard InChI is InChI=1S/C22H25F3N2O3/c1-27-10-9-18(17(13-27)14-7-8-19(29-2)20(12-14)30-3)26-21(28)15-5-4-6-16(11-15)22(23,24)25/h4-8,11-12,17-18H,9-10,13H2,1-3H3,(H,26,28)/t17-,18-/m1/s1. The summed E-state index contributed by atoms with van der Waals surface area (Å²) in [6.45, 7) is 1.47. The molecular formula is C22H25F3N2O3. The van der Waals surface area contributed by atoms with Crippen LogP contribution in [-0.4, -0.2) is 51.2 Å². The van der Waals surface area contributed by atoms with Crippen molar-refractivity contribution in [3.63, 3.8) is 0 Å². The summed E-state index contributed by atoms with van der Waals surface area (Å²) < 4.78 is 49.7. The van der Waals surface area contributed by atoms with E-state index in [-0.39, 0.29) is 17.5 Å². The first-order chi connectivity index (χ1) is 14.2. The maximum Gasteiger partial charge on any atom is 0.416 e. The molecule has 0 bridgehead atoms. The average Bonchev–Trinajstić information content (AvgIpc) is 2.73. The van der Waals surface area contributed by atoms with E-state index in [1.807, 2.05) is 25.2 Å².